The fourth-order valence-electron chi connectivity index (χ4n) is 1.39. The summed E-state index contributed by atoms with van der Waals surface area (Å²) in [5.74, 6) is -1.20. The number of ketones is 1. The Morgan fingerprint density at radius 2 is 2.00 bits per heavy atom. The first kappa shape index (κ1) is 13.6. The molecule has 1 aromatic heterocycles. The fourth-order valence-corrected chi connectivity index (χ4v) is 2.23. The maximum atomic E-state index is 13.9. The van der Waals surface area contributed by atoms with Gasteiger partial charge in [0.1, 0.15) is 0 Å². The molecule has 0 atom stereocenters. The van der Waals surface area contributed by atoms with E-state index in [9.17, 15) is 9.18 Å². The molecule has 0 fully saturated rings. The Morgan fingerprint density at radius 1 is 1.28 bits per heavy atom. The average molecular weight is 393 g/mol. The minimum Gasteiger partial charge on any atom is -0.288 e. The standard InChI is InChI=1S/C12H5Br2ClFNO/c13-7-3-6(4-17-5-7)12(18)8-1-2-9(14)10(15)11(8)16/h1-5H. The molecule has 2 rings (SSSR count). The van der Waals surface area contributed by atoms with Crippen LogP contribution in [0.15, 0.2) is 39.5 Å². The molecule has 1 aromatic carbocycles. The number of carbonyl (C=O) groups is 1. The fraction of sp³-hybridized carbons (Fsp3) is 0. The summed E-state index contributed by atoms with van der Waals surface area (Å²) in [7, 11) is 0. The van der Waals surface area contributed by atoms with Crippen molar-refractivity contribution in [1.29, 1.82) is 0 Å². The summed E-state index contributed by atoms with van der Waals surface area (Å²) in [5, 5.41) is -0.108. The number of benzene rings is 1. The van der Waals surface area contributed by atoms with Crippen molar-refractivity contribution < 1.29 is 9.18 Å². The lowest BCUT2D eigenvalue weighted by Crippen LogP contribution is -2.05. The van der Waals surface area contributed by atoms with Crippen molar-refractivity contribution >= 4 is 49.2 Å². The van der Waals surface area contributed by atoms with Crippen molar-refractivity contribution in [3.63, 3.8) is 0 Å². The van der Waals surface area contributed by atoms with Crippen LogP contribution in [-0.2, 0) is 0 Å². The second kappa shape index (κ2) is 5.47. The van der Waals surface area contributed by atoms with Crippen LogP contribution < -0.4 is 0 Å². The van der Waals surface area contributed by atoms with Crippen LogP contribution in [0, 0.1) is 5.82 Å². The van der Waals surface area contributed by atoms with Crippen LogP contribution in [0.5, 0.6) is 0 Å². The highest BCUT2D eigenvalue weighted by Crippen LogP contribution is 2.28. The van der Waals surface area contributed by atoms with Gasteiger partial charge < -0.3 is 0 Å². The van der Waals surface area contributed by atoms with Crippen molar-refractivity contribution in [1.82, 2.24) is 4.98 Å². The predicted molar refractivity (Wildman–Crippen MR) is 74.5 cm³/mol. The maximum absolute atomic E-state index is 13.9. The van der Waals surface area contributed by atoms with Gasteiger partial charge in [-0.25, -0.2) is 4.39 Å². The summed E-state index contributed by atoms with van der Waals surface area (Å²) in [6, 6.07) is 4.49. The number of pyridine rings is 1. The Bertz CT molecular complexity index is 633. The minimum atomic E-state index is -0.740. The van der Waals surface area contributed by atoms with Gasteiger partial charge in [0.05, 0.1) is 10.6 Å². The smallest absolute Gasteiger partial charge is 0.197 e. The third-order valence-electron chi connectivity index (χ3n) is 2.25. The SMILES string of the molecule is O=C(c1cncc(Br)c1)c1ccc(Br)c(Cl)c1F. The normalized spacial score (nSPS) is 10.4. The predicted octanol–water partition coefficient (Wildman–Crippen LogP) is 4.63. The average Bonchev–Trinajstić information content (AvgIpc) is 2.35. The molecule has 0 amide bonds. The number of nitrogens with zero attached hydrogens (tertiary/aromatic N) is 1. The molecule has 0 saturated heterocycles. The summed E-state index contributed by atoms with van der Waals surface area (Å²) in [6.07, 6.45) is 2.92. The van der Waals surface area contributed by atoms with Crippen LogP contribution in [0.4, 0.5) is 4.39 Å². The molecule has 0 N–H and O–H groups in total. The number of halogens is 4. The van der Waals surface area contributed by atoms with E-state index in [0.717, 1.165) is 0 Å². The third kappa shape index (κ3) is 2.63. The maximum Gasteiger partial charge on any atom is 0.197 e. The molecule has 0 aliphatic heterocycles. The van der Waals surface area contributed by atoms with E-state index in [0.29, 0.717) is 14.5 Å². The summed E-state index contributed by atoms with van der Waals surface area (Å²) in [6.45, 7) is 0. The van der Waals surface area contributed by atoms with Crippen LogP contribution >= 0.6 is 43.5 Å². The lowest BCUT2D eigenvalue weighted by molar-refractivity contribution is 0.103. The third-order valence-corrected chi connectivity index (χ3v) is 3.94. The molecule has 18 heavy (non-hydrogen) atoms. The highest BCUT2D eigenvalue weighted by atomic mass is 79.9. The van der Waals surface area contributed by atoms with E-state index >= 15 is 0 Å². The minimum absolute atomic E-state index is 0.0805. The molecule has 0 bridgehead atoms. The molecule has 0 aliphatic rings. The van der Waals surface area contributed by atoms with Crippen LogP contribution in [0.3, 0.4) is 0 Å². The summed E-state index contributed by atoms with van der Waals surface area (Å²) < 4.78 is 14.9. The first-order valence-corrected chi connectivity index (χ1v) is 6.76. The zero-order chi connectivity index (χ0) is 13.3. The monoisotopic (exact) mass is 391 g/mol. The molecule has 1 heterocycles. The van der Waals surface area contributed by atoms with E-state index in [1.165, 1.54) is 18.3 Å². The molecule has 0 radical (unpaired) electrons. The second-order valence-corrected chi connectivity index (χ2v) is 5.59. The summed E-state index contributed by atoms with van der Waals surface area (Å²) >= 11 is 12.0. The number of hydrogen-bond donors (Lipinski definition) is 0. The zero-order valence-corrected chi connectivity index (χ0v) is 12.7. The molecule has 0 saturated carbocycles. The lowest BCUT2D eigenvalue weighted by Gasteiger charge is -2.05. The van der Waals surface area contributed by atoms with Gasteiger partial charge in [0.15, 0.2) is 11.6 Å². The van der Waals surface area contributed by atoms with E-state index in [1.54, 1.807) is 12.3 Å². The Kier molecular flexibility index (Phi) is 4.14. The van der Waals surface area contributed by atoms with Crippen molar-refractivity contribution in [3.8, 4) is 0 Å². The van der Waals surface area contributed by atoms with E-state index < -0.39 is 11.6 Å². The second-order valence-electron chi connectivity index (χ2n) is 3.44. The molecular weight excluding hydrogens is 388 g/mol. The van der Waals surface area contributed by atoms with Crippen molar-refractivity contribution in [3.05, 3.63) is 61.5 Å². The van der Waals surface area contributed by atoms with Gasteiger partial charge in [0.25, 0.3) is 0 Å². The van der Waals surface area contributed by atoms with Crippen LogP contribution in [0.1, 0.15) is 15.9 Å². The van der Waals surface area contributed by atoms with E-state index in [-0.39, 0.29) is 10.6 Å². The molecular formula is C12H5Br2ClFNO. The first-order valence-electron chi connectivity index (χ1n) is 4.79. The molecule has 2 aromatic rings. The van der Waals surface area contributed by atoms with Gasteiger partial charge in [-0.2, -0.15) is 0 Å². The molecule has 6 heteroatoms. The van der Waals surface area contributed by atoms with Gasteiger partial charge in [-0.15, -0.1) is 0 Å². The van der Waals surface area contributed by atoms with Crippen molar-refractivity contribution in [2.45, 2.75) is 0 Å². The van der Waals surface area contributed by atoms with Crippen molar-refractivity contribution in [2.75, 3.05) is 0 Å². The van der Waals surface area contributed by atoms with Gasteiger partial charge in [-0.05, 0) is 50.1 Å². The van der Waals surface area contributed by atoms with Crippen LogP contribution in [0.2, 0.25) is 5.02 Å². The topological polar surface area (TPSA) is 30.0 Å². The van der Waals surface area contributed by atoms with E-state index in [2.05, 4.69) is 36.8 Å². The Labute approximate surface area is 124 Å². The number of aromatic nitrogens is 1. The number of carbonyl (C=O) groups excluding carboxylic acids is 1. The van der Waals surface area contributed by atoms with Gasteiger partial charge in [0.2, 0.25) is 0 Å². The number of hydrogen-bond acceptors (Lipinski definition) is 2. The van der Waals surface area contributed by atoms with Crippen LogP contribution in [-0.4, -0.2) is 10.8 Å². The van der Waals surface area contributed by atoms with Crippen LogP contribution in [0.25, 0.3) is 0 Å². The largest absolute Gasteiger partial charge is 0.288 e. The van der Waals surface area contributed by atoms with Gasteiger partial charge in [-0.1, -0.05) is 11.6 Å². The zero-order valence-electron chi connectivity index (χ0n) is 8.75. The number of rotatable bonds is 2. The van der Waals surface area contributed by atoms with Gasteiger partial charge >= 0.3 is 0 Å². The first-order chi connectivity index (χ1) is 8.50. The highest BCUT2D eigenvalue weighted by molar-refractivity contribution is 9.10. The van der Waals surface area contributed by atoms with Gasteiger partial charge in [0, 0.05) is 26.9 Å². The highest BCUT2D eigenvalue weighted by Gasteiger charge is 2.18. The summed E-state index contributed by atoms with van der Waals surface area (Å²) in [5.41, 5.74) is 0.213. The molecule has 2 nitrogen and oxygen atoms in total. The van der Waals surface area contributed by atoms with E-state index in [1.807, 2.05) is 0 Å². The molecule has 0 aliphatic carbocycles. The lowest BCUT2D eigenvalue weighted by atomic mass is 10.0. The Morgan fingerprint density at radius 3 is 2.67 bits per heavy atom. The Balaban J connectivity index is 2.50. The summed E-state index contributed by atoms with van der Waals surface area (Å²) in [4.78, 5) is 16.0. The van der Waals surface area contributed by atoms with Crippen molar-refractivity contribution in [2.24, 2.45) is 0 Å². The Hall–Kier alpha value is -0.780. The van der Waals surface area contributed by atoms with Gasteiger partial charge in [-0.3, -0.25) is 9.78 Å². The molecule has 0 unspecified atom stereocenters. The quantitative estimate of drug-likeness (QED) is 0.550. The molecule has 0 spiro atoms. The van der Waals surface area contributed by atoms with E-state index in [4.69, 9.17) is 11.6 Å². The molecule has 92 valence electrons.